The number of pyridine rings is 1. The summed E-state index contributed by atoms with van der Waals surface area (Å²) >= 11 is 5.98. The van der Waals surface area contributed by atoms with E-state index in [4.69, 9.17) is 21.0 Å². The maximum Gasteiger partial charge on any atom is 0.129 e. The summed E-state index contributed by atoms with van der Waals surface area (Å²) in [5, 5.41) is 0. The number of aromatic nitrogens is 1. The first-order chi connectivity index (χ1) is 9.63. The van der Waals surface area contributed by atoms with Crippen molar-refractivity contribution in [2.75, 3.05) is 11.9 Å². The first-order valence-corrected chi connectivity index (χ1v) is 7.47. The predicted octanol–water partition coefficient (Wildman–Crippen LogP) is 4.31. The molecule has 0 N–H and O–H groups in total. The van der Waals surface area contributed by atoms with E-state index < -0.39 is 0 Å². The van der Waals surface area contributed by atoms with E-state index in [-0.39, 0.29) is 0 Å². The number of halogens is 1. The second-order valence-corrected chi connectivity index (χ2v) is 5.33. The molecule has 20 heavy (non-hydrogen) atoms. The first-order valence-electron chi connectivity index (χ1n) is 6.94. The normalized spacial score (nSPS) is 10.8. The zero-order chi connectivity index (χ0) is 14.5. The summed E-state index contributed by atoms with van der Waals surface area (Å²) in [6.45, 7) is 4.92. The van der Waals surface area contributed by atoms with Crippen LogP contribution in [0.15, 0.2) is 28.9 Å². The van der Waals surface area contributed by atoms with Gasteiger partial charge in [0.05, 0.1) is 6.26 Å². The molecule has 0 aliphatic carbocycles. The predicted molar refractivity (Wildman–Crippen MR) is 83.3 cm³/mol. The molecule has 0 aliphatic heterocycles. The van der Waals surface area contributed by atoms with Crippen molar-refractivity contribution in [3.63, 3.8) is 0 Å². The molecule has 0 bridgehead atoms. The minimum atomic E-state index is 0.519. The number of anilines is 1. The molecule has 2 rings (SSSR count). The first kappa shape index (κ1) is 14.9. The van der Waals surface area contributed by atoms with Crippen LogP contribution in [0.1, 0.15) is 35.9 Å². The van der Waals surface area contributed by atoms with Crippen molar-refractivity contribution in [2.24, 2.45) is 0 Å². The molecule has 0 aliphatic rings. The van der Waals surface area contributed by atoms with Gasteiger partial charge in [0.15, 0.2) is 0 Å². The summed E-state index contributed by atoms with van der Waals surface area (Å²) < 4.78 is 5.34. The molecular weight excluding hydrogens is 272 g/mol. The van der Waals surface area contributed by atoms with Crippen LogP contribution in [0.4, 0.5) is 5.82 Å². The summed E-state index contributed by atoms with van der Waals surface area (Å²) in [7, 11) is 2.04. The topological polar surface area (TPSA) is 29.3 Å². The highest BCUT2D eigenvalue weighted by Gasteiger charge is 2.10. The largest absolute Gasteiger partial charge is 0.469 e. The number of hydrogen-bond acceptors (Lipinski definition) is 3. The maximum atomic E-state index is 5.98. The van der Waals surface area contributed by atoms with Gasteiger partial charge in [-0.2, -0.15) is 0 Å². The van der Waals surface area contributed by atoms with E-state index in [9.17, 15) is 0 Å². The number of nitrogens with zero attached hydrogens (tertiary/aromatic N) is 2. The molecule has 0 aromatic carbocycles. The molecular formula is C16H21ClN2O. The van der Waals surface area contributed by atoms with E-state index in [2.05, 4.69) is 24.0 Å². The van der Waals surface area contributed by atoms with E-state index in [0.29, 0.717) is 5.88 Å². The summed E-state index contributed by atoms with van der Waals surface area (Å²) in [4.78, 5) is 6.85. The van der Waals surface area contributed by atoms with Gasteiger partial charge in [-0.05, 0) is 37.1 Å². The molecule has 3 nitrogen and oxygen atoms in total. The Morgan fingerprint density at radius 3 is 2.75 bits per heavy atom. The number of furan rings is 1. The van der Waals surface area contributed by atoms with Crippen LogP contribution in [0, 0.1) is 6.92 Å². The lowest BCUT2D eigenvalue weighted by molar-refractivity contribution is 0.529. The van der Waals surface area contributed by atoms with E-state index >= 15 is 0 Å². The zero-order valence-corrected chi connectivity index (χ0v) is 13.1. The molecule has 0 amide bonds. The van der Waals surface area contributed by atoms with Gasteiger partial charge in [0.1, 0.15) is 11.6 Å². The standard InChI is InChI=1S/C16H21ClN2O/c1-4-5-15-8-13(10-17)9-16(18-15)19(3)11-14-6-7-20-12(14)2/h6-9H,4-5,10-11H2,1-3H3. The third-order valence-corrected chi connectivity index (χ3v) is 3.66. The second-order valence-electron chi connectivity index (χ2n) is 5.07. The monoisotopic (exact) mass is 292 g/mol. The Morgan fingerprint density at radius 1 is 1.35 bits per heavy atom. The van der Waals surface area contributed by atoms with Gasteiger partial charge in [-0.15, -0.1) is 11.6 Å². The molecule has 2 aromatic rings. The van der Waals surface area contributed by atoms with Crippen molar-refractivity contribution in [1.82, 2.24) is 4.98 Å². The highest BCUT2D eigenvalue weighted by atomic mass is 35.5. The molecule has 0 saturated heterocycles. The molecule has 108 valence electrons. The van der Waals surface area contributed by atoms with Crippen LogP contribution >= 0.6 is 11.6 Å². The van der Waals surface area contributed by atoms with Gasteiger partial charge in [0.2, 0.25) is 0 Å². The SMILES string of the molecule is CCCc1cc(CCl)cc(N(C)Cc2ccoc2C)n1. The molecule has 0 fully saturated rings. The third kappa shape index (κ3) is 3.54. The Balaban J connectivity index is 2.22. The van der Waals surface area contributed by atoms with E-state index in [0.717, 1.165) is 42.2 Å². The lowest BCUT2D eigenvalue weighted by Gasteiger charge is -2.19. The Bertz CT molecular complexity index is 565. The van der Waals surface area contributed by atoms with Gasteiger partial charge in [-0.3, -0.25) is 0 Å². The smallest absolute Gasteiger partial charge is 0.129 e. The van der Waals surface area contributed by atoms with E-state index in [1.54, 1.807) is 6.26 Å². The van der Waals surface area contributed by atoms with Crippen molar-refractivity contribution < 1.29 is 4.42 Å². The van der Waals surface area contributed by atoms with Gasteiger partial charge in [0.25, 0.3) is 0 Å². The van der Waals surface area contributed by atoms with Gasteiger partial charge in [0, 0.05) is 30.7 Å². The van der Waals surface area contributed by atoms with Gasteiger partial charge >= 0.3 is 0 Å². The third-order valence-electron chi connectivity index (χ3n) is 3.35. The number of rotatable bonds is 6. The van der Waals surface area contributed by atoms with E-state index in [1.807, 2.05) is 20.0 Å². The van der Waals surface area contributed by atoms with Crippen LogP contribution in [-0.4, -0.2) is 12.0 Å². The van der Waals surface area contributed by atoms with Crippen LogP contribution in [0.3, 0.4) is 0 Å². The Morgan fingerprint density at radius 2 is 2.15 bits per heavy atom. The van der Waals surface area contributed by atoms with Crippen molar-refractivity contribution >= 4 is 17.4 Å². The van der Waals surface area contributed by atoms with Crippen molar-refractivity contribution in [2.45, 2.75) is 39.1 Å². The molecule has 0 spiro atoms. The average Bonchev–Trinajstić information content (AvgIpc) is 2.84. The zero-order valence-electron chi connectivity index (χ0n) is 12.3. The second kappa shape index (κ2) is 6.80. The maximum absolute atomic E-state index is 5.98. The molecule has 0 radical (unpaired) electrons. The molecule has 4 heteroatoms. The fourth-order valence-corrected chi connectivity index (χ4v) is 2.36. The van der Waals surface area contributed by atoms with E-state index in [1.165, 1.54) is 5.56 Å². The Labute approximate surface area is 125 Å². The van der Waals surface area contributed by atoms with Crippen LogP contribution in [0.5, 0.6) is 0 Å². The summed E-state index contributed by atoms with van der Waals surface area (Å²) in [5.41, 5.74) is 3.41. The fraction of sp³-hybridized carbons (Fsp3) is 0.438. The molecule has 0 unspecified atom stereocenters. The quantitative estimate of drug-likeness (QED) is 0.743. The van der Waals surface area contributed by atoms with Crippen molar-refractivity contribution in [3.05, 3.63) is 47.0 Å². The van der Waals surface area contributed by atoms with Gasteiger partial charge < -0.3 is 9.32 Å². The van der Waals surface area contributed by atoms with Crippen molar-refractivity contribution in [3.8, 4) is 0 Å². The molecule has 2 heterocycles. The van der Waals surface area contributed by atoms with Gasteiger partial charge in [-0.25, -0.2) is 4.98 Å². The Kier molecular flexibility index (Phi) is 5.07. The fourth-order valence-electron chi connectivity index (χ4n) is 2.20. The number of aryl methyl sites for hydroxylation is 2. The molecule has 0 atom stereocenters. The average molecular weight is 293 g/mol. The minimum absolute atomic E-state index is 0.519. The van der Waals surface area contributed by atoms with Crippen LogP contribution in [-0.2, 0) is 18.8 Å². The summed E-state index contributed by atoms with van der Waals surface area (Å²) in [5.74, 6) is 2.44. The van der Waals surface area contributed by atoms with Crippen LogP contribution < -0.4 is 4.90 Å². The number of alkyl halides is 1. The van der Waals surface area contributed by atoms with Crippen LogP contribution in [0.25, 0.3) is 0 Å². The lowest BCUT2D eigenvalue weighted by atomic mass is 10.1. The van der Waals surface area contributed by atoms with Crippen LogP contribution in [0.2, 0.25) is 0 Å². The van der Waals surface area contributed by atoms with Crippen molar-refractivity contribution in [1.29, 1.82) is 0 Å². The lowest BCUT2D eigenvalue weighted by Crippen LogP contribution is -2.18. The highest BCUT2D eigenvalue weighted by molar-refractivity contribution is 6.17. The number of hydrogen-bond donors (Lipinski definition) is 0. The summed E-state index contributed by atoms with van der Waals surface area (Å²) in [6, 6.07) is 6.16. The summed E-state index contributed by atoms with van der Waals surface area (Å²) in [6.07, 6.45) is 3.79. The Hall–Kier alpha value is -1.48. The highest BCUT2D eigenvalue weighted by Crippen LogP contribution is 2.20. The molecule has 0 saturated carbocycles. The minimum Gasteiger partial charge on any atom is -0.469 e. The molecule has 2 aromatic heterocycles. The van der Waals surface area contributed by atoms with Gasteiger partial charge in [-0.1, -0.05) is 13.3 Å².